The number of hydrogen-bond acceptors (Lipinski definition) is 2. The molecular weight excluding hydrogens is 211 g/mol. The van der Waals surface area contributed by atoms with Crippen LogP contribution >= 0.6 is 12.6 Å². The highest BCUT2D eigenvalue weighted by Gasteiger charge is 2.35. The predicted octanol–water partition coefficient (Wildman–Crippen LogP) is 3.17. The van der Waals surface area contributed by atoms with Crippen molar-refractivity contribution in [3.05, 3.63) is 28.8 Å². The van der Waals surface area contributed by atoms with Gasteiger partial charge in [-0.1, -0.05) is 0 Å². The maximum atomic E-state index is 12.4. The van der Waals surface area contributed by atoms with Gasteiger partial charge in [-0.3, -0.25) is 0 Å². The zero-order valence-electron chi connectivity index (χ0n) is 7.18. The molecular formula is C9H6F3NS. The van der Waals surface area contributed by atoms with Gasteiger partial charge in [0.2, 0.25) is 0 Å². The van der Waals surface area contributed by atoms with E-state index in [9.17, 15) is 13.2 Å². The van der Waals surface area contributed by atoms with Gasteiger partial charge >= 0.3 is 6.18 Å². The Labute approximate surface area is 84.6 Å². The van der Waals surface area contributed by atoms with Crippen molar-refractivity contribution in [1.29, 1.82) is 5.26 Å². The van der Waals surface area contributed by atoms with Crippen LogP contribution in [0.5, 0.6) is 0 Å². The van der Waals surface area contributed by atoms with E-state index in [0.29, 0.717) is 5.56 Å². The van der Waals surface area contributed by atoms with Crippen LogP contribution < -0.4 is 0 Å². The molecule has 0 amide bonds. The zero-order chi connectivity index (χ0) is 10.9. The maximum absolute atomic E-state index is 12.4. The highest BCUT2D eigenvalue weighted by molar-refractivity contribution is 7.80. The first-order valence-corrected chi connectivity index (χ1v) is 4.12. The van der Waals surface area contributed by atoms with E-state index in [4.69, 9.17) is 5.26 Å². The molecule has 1 rings (SSSR count). The summed E-state index contributed by atoms with van der Waals surface area (Å²) < 4.78 is 37.3. The molecule has 0 fully saturated rings. The van der Waals surface area contributed by atoms with Gasteiger partial charge in [0.15, 0.2) is 0 Å². The number of halogens is 3. The van der Waals surface area contributed by atoms with Crippen LogP contribution in [-0.4, -0.2) is 0 Å². The van der Waals surface area contributed by atoms with E-state index in [1.165, 1.54) is 18.2 Å². The van der Waals surface area contributed by atoms with E-state index in [0.717, 1.165) is 0 Å². The molecule has 5 heteroatoms. The molecule has 1 aromatic carbocycles. The molecule has 0 N–H and O–H groups in total. The van der Waals surface area contributed by atoms with Crippen LogP contribution in [0.4, 0.5) is 13.2 Å². The van der Waals surface area contributed by atoms with Crippen molar-refractivity contribution in [2.75, 3.05) is 0 Å². The zero-order valence-corrected chi connectivity index (χ0v) is 8.08. The lowest BCUT2D eigenvalue weighted by atomic mass is 10.1. The lowest BCUT2D eigenvalue weighted by molar-refractivity contribution is -0.139. The Morgan fingerprint density at radius 2 is 1.93 bits per heavy atom. The number of nitriles is 1. The molecule has 1 aromatic rings. The van der Waals surface area contributed by atoms with Crippen LogP contribution in [0.2, 0.25) is 0 Å². The minimum atomic E-state index is -4.53. The summed E-state index contributed by atoms with van der Waals surface area (Å²) in [5.41, 5.74) is -0.768. The number of alkyl halides is 3. The topological polar surface area (TPSA) is 23.8 Å². The molecule has 0 atom stereocenters. The molecule has 0 aliphatic carbocycles. The Morgan fingerprint density at radius 1 is 1.36 bits per heavy atom. The van der Waals surface area contributed by atoms with Gasteiger partial charge in [0, 0.05) is 4.90 Å². The Kier molecular flexibility index (Phi) is 2.76. The third-order valence-electron chi connectivity index (χ3n) is 1.67. The van der Waals surface area contributed by atoms with Gasteiger partial charge in [0.1, 0.15) is 0 Å². The molecule has 0 radical (unpaired) electrons. The van der Waals surface area contributed by atoms with Gasteiger partial charge in [-0.2, -0.15) is 18.4 Å². The number of nitrogens with zero attached hydrogens (tertiary/aromatic N) is 1. The molecule has 0 spiro atoms. The Bertz CT molecular complexity index is 404. The minimum Gasteiger partial charge on any atom is -0.192 e. The quantitative estimate of drug-likeness (QED) is 0.663. The van der Waals surface area contributed by atoms with Crippen molar-refractivity contribution in [3.63, 3.8) is 0 Å². The summed E-state index contributed by atoms with van der Waals surface area (Å²) in [6.07, 6.45) is -4.53. The van der Waals surface area contributed by atoms with Crippen LogP contribution in [0.25, 0.3) is 0 Å². The van der Waals surface area contributed by atoms with E-state index in [1.807, 2.05) is 0 Å². The molecule has 0 bridgehead atoms. The Hall–Kier alpha value is -1.15. The van der Waals surface area contributed by atoms with Gasteiger partial charge in [0.25, 0.3) is 0 Å². The second kappa shape index (κ2) is 3.54. The van der Waals surface area contributed by atoms with E-state index >= 15 is 0 Å². The summed E-state index contributed by atoms with van der Waals surface area (Å²) in [7, 11) is 0. The summed E-state index contributed by atoms with van der Waals surface area (Å²) >= 11 is 3.71. The van der Waals surface area contributed by atoms with Gasteiger partial charge in [-0.05, 0) is 24.6 Å². The molecule has 0 heterocycles. The largest absolute Gasteiger partial charge is 0.418 e. The highest BCUT2D eigenvalue weighted by atomic mass is 32.1. The second-order valence-corrected chi connectivity index (χ2v) is 3.30. The third-order valence-corrected chi connectivity index (χ3v) is 2.02. The van der Waals surface area contributed by atoms with Gasteiger partial charge in [-0.25, -0.2) is 0 Å². The molecule has 0 aliphatic heterocycles. The molecule has 0 aliphatic rings. The maximum Gasteiger partial charge on any atom is 0.418 e. The first-order chi connectivity index (χ1) is 6.36. The predicted molar refractivity (Wildman–Crippen MR) is 48.1 cm³/mol. The normalized spacial score (nSPS) is 11.1. The average molecular weight is 217 g/mol. The van der Waals surface area contributed by atoms with Gasteiger partial charge in [0.05, 0.1) is 17.2 Å². The van der Waals surface area contributed by atoms with E-state index in [2.05, 4.69) is 12.6 Å². The lowest BCUT2D eigenvalue weighted by Crippen LogP contribution is -2.09. The smallest absolute Gasteiger partial charge is 0.192 e. The average Bonchev–Trinajstić information content (AvgIpc) is 1.99. The number of thiol groups is 1. The van der Waals surface area contributed by atoms with Crippen LogP contribution in [0.3, 0.4) is 0 Å². The van der Waals surface area contributed by atoms with Crippen molar-refractivity contribution >= 4 is 12.6 Å². The SMILES string of the molecule is Cc1cc(S)c(C(F)(F)F)c(C#N)c1. The summed E-state index contributed by atoms with van der Waals surface area (Å²) in [5.74, 6) is 0. The Morgan fingerprint density at radius 3 is 2.36 bits per heavy atom. The number of aryl methyl sites for hydroxylation is 1. The van der Waals surface area contributed by atoms with E-state index in [-0.39, 0.29) is 10.5 Å². The van der Waals surface area contributed by atoms with E-state index < -0.39 is 11.7 Å². The highest BCUT2D eigenvalue weighted by Crippen LogP contribution is 2.36. The summed E-state index contributed by atoms with van der Waals surface area (Å²) in [5, 5.41) is 8.55. The summed E-state index contributed by atoms with van der Waals surface area (Å²) in [6.45, 7) is 1.61. The van der Waals surface area contributed by atoms with Crippen LogP contribution in [-0.2, 0) is 6.18 Å². The Balaban J connectivity index is 3.51. The first kappa shape index (κ1) is 10.9. The molecule has 0 unspecified atom stereocenters. The molecule has 0 saturated carbocycles. The molecule has 14 heavy (non-hydrogen) atoms. The van der Waals surface area contributed by atoms with E-state index in [1.54, 1.807) is 6.92 Å². The molecule has 0 aromatic heterocycles. The van der Waals surface area contributed by atoms with Crippen molar-refractivity contribution in [2.45, 2.75) is 18.0 Å². The fraction of sp³-hybridized carbons (Fsp3) is 0.222. The number of hydrogen-bond donors (Lipinski definition) is 1. The van der Waals surface area contributed by atoms with Gasteiger partial charge < -0.3 is 0 Å². The summed E-state index contributed by atoms with van der Waals surface area (Å²) in [4.78, 5) is -0.214. The monoisotopic (exact) mass is 217 g/mol. The van der Waals surface area contributed by atoms with Gasteiger partial charge in [-0.15, -0.1) is 12.6 Å². The minimum absolute atomic E-state index is 0.214. The summed E-state index contributed by atoms with van der Waals surface area (Å²) in [6, 6.07) is 4.00. The number of benzene rings is 1. The molecule has 0 saturated heterocycles. The molecule has 74 valence electrons. The lowest BCUT2D eigenvalue weighted by Gasteiger charge is -2.11. The number of rotatable bonds is 0. The van der Waals surface area contributed by atoms with Crippen molar-refractivity contribution in [2.24, 2.45) is 0 Å². The molecule has 1 nitrogen and oxygen atoms in total. The standard InChI is InChI=1S/C9H6F3NS/c1-5-2-6(4-13)8(7(14)3-5)9(10,11)12/h2-3,14H,1H3. The van der Waals surface area contributed by atoms with Crippen LogP contribution in [0, 0.1) is 18.3 Å². The van der Waals surface area contributed by atoms with Crippen molar-refractivity contribution in [3.8, 4) is 6.07 Å². The third kappa shape index (κ3) is 2.02. The first-order valence-electron chi connectivity index (χ1n) is 3.67. The fourth-order valence-electron chi connectivity index (χ4n) is 1.15. The van der Waals surface area contributed by atoms with Crippen LogP contribution in [0.1, 0.15) is 16.7 Å². The van der Waals surface area contributed by atoms with Crippen molar-refractivity contribution in [1.82, 2.24) is 0 Å². The van der Waals surface area contributed by atoms with Crippen LogP contribution in [0.15, 0.2) is 17.0 Å². The van der Waals surface area contributed by atoms with Crippen molar-refractivity contribution < 1.29 is 13.2 Å². The fourth-order valence-corrected chi connectivity index (χ4v) is 1.60. The second-order valence-electron chi connectivity index (χ2n) is 2.82.